The van der Waals surface area contributed by atoms with E-state index in [9.17, 15) is 4.79 Å². The summed E-state index contributed by atoms with van der Waals surface area (Å²) in [7, 11) is 4.09. The maximum absolute atomic E-state index is 11.3. The van der Waals surface area contributed by atoms with Crippen molar-refractivity contribution >= 4 is 5.95 Å². The normalized spacial score (nSPS) is 10.8. The smallest absolute Gasteiger partial charge is 0.252 e. The molecule has 23 heavy (non-hydrogen) atoms. The number of aromatic nitrogens is 2. The Balaban J connectivity index is 1.74. The highest BCUT2D eigenvalue weighted by atomic mass is 16.5. The minimum Gasteiger partial charge on any atom is -0.494 e. The van der Waals surface area contributed by atoms with Crippen molar-refractivity contribution in [3.05, 3.63) is 51.9 Å². The SMILES string of the molecule is Cc1cc(=O)[nH]c(NCCCOc2cccc(CN(C)C)c2)n1. The number of ether oxygens (including phenoxy) is 1. The topological polar surface area (TPSA) is 70.2 Å². The second-order valence-corrected chi connectivity index (χ2v) is 5.75. The minimum atomic E-state index is -0.144. The standard InChI is InChI=1S/C17H24N4O2/c1-13-10-16(22)20-17(19-13)18-8-5-9-23-15-7-4-6-14(11-15)12-21(2)3/h4,6-7,10-11H,5,8-9,12H2,1-3H3,(H2,18,19,20,22). The summed E-state index contributed by atoms with van der Waals surface area (Å²) < 4.78 is 5.76. The third-order valence-electron chi connectivity index (χ3n) is 3.15. The number of H-pyrrole nitrogens is 1. The second kappa shape index (κ2) is 8.33. The quantitative estimate of drug-likeness (QED) is 0.729. The summed E-state index contributed by atoms with van der Waals surface area (Å²) in [5.74, 6) is 1.38. The molecule has 0 saturated carbocycles. The zero-order valence-electron chi connectivity index (χ0n) is 13.9. The molecule has 0 amide bonds. The van der Waals surface area contributed by atoms with Gasteiger partial charge in [0.1, 0.15) is 5.75 Å². The van der Waals surface area contributed by atoms with E-state index in [1.54, 1.807) is 6.92 Å². The van der Waals surface area contributed by atoms with Crippen LogP contribution in [0.1, 0.15) is 17.7 Å². The van der Waals surface area contributed by atoms with Gasteiger partial charge < -0.3 is 15.0 Å². The molecule has 0 aliphatic rings. The fourth-order valence-electron chi connectivity index (χ4n) is 2.23. The summed E-state index contributed by atoms with van der Waals surface area (Å²) in [6.45, 7) is 3.98. The van der Waals surface area contributed by atoms with Crippen LogP contribution in [-0.4, -0.2) is 42.1 Å². The molecule has 1 heterocycles. The number of aromatic amines is 1. The van der Waals surface area contributed by atoms with E-state index in [2.05, 4.69) is 32.3 Å². The molecule has 0 bridgehead atoms. The molecule has 1 aromatic heterocycles. The fourth-order valence-corrected chi connectivity index (χ4v) is 2.23. The molecular formula is C17H24N4O2. The third-order valence-corrected chi connectivity index (χ3v) is 3.15. The van der Waals surface area contributed by atoms with Crippen LogP contribution >= 0.6 is 0 Å². The van der Waals surface area contributed by atoms with E-state index in [0.717, 1.165) is 18.7 Å². The first-order chi connectivity index (χ1) is 11.0. The number of nitrogens with zero attached hydrogens (tertiary/aromatic N) is 2. The van der Waals surface area contributed by atoms with Crippen molar-refractivity contribution in [1.29, 1.82) is 0 Å². The van der Waals surface area contributed by atoms with Gasteiger partial charge in [-0.05, 0) is 45.1 Å². The zero-order chi connectivity index (χ0) is 16.7. The molecule has 0 unspecified atom stereocenters. The van der Waals surface area contributed by atoms with Gasteiger partial charge in [0, 0.05) is 24.8 Å². The lowest BCUT2D eigenvalue weighted by Crippen LogP contribution is -2.15. The number of hydrogen-bond donors (Lipinski definition) is 2. The Kier molecular flexibility index (Phi) is 6.17. The third kappa shape index (κ3) is 6.12. The van der Waals surface area contributed by atoms with Gasteiger partial charge in [0.2, 0.25) is 5.95 Å². The van der Waals surface area contributed by atoms with Crippen molar-refractivity contribution < 1.29 is 4.74 Å². The van der Waals surface area contributed by atoms with Crippen LogP contribution in [0.4, 0.5) is 5.95 Å². The summed E-state index contributed by atoms with van der Waals surface area (Å²) >= 11 is 0. The molecule has 6 nitrogen and oxygen atoms in total. The van der Waals surface area contributed by atoms with Crippen LogP contribution < -0.4 is 15.6 Å². The maximum atomic E-state index is 11.3. The van der Waals surface area contributed by atoms with Crippen molar-refractivity contribution in [3.63, 3.8) is 0 Å². The van der Waals surface area contributed by atoms with Gasteiger partial charge in [-0.25, -0.2) is 4.98 Å². The van der Waals surface area contributed by atoms with Crippen LogP contribution in [0.5, 0.6) is 5.75 Å². The monoisotopic (exact) mass is 316 g/mol. The molecule has 6 heteroatoms. The Hall–Kier alpha value is -2.34. The Bertz CT molecular complexity index is 682. The average Bonchev–Trinajstić information content (AvgIpc) is 2.45. The van der Waals surface area contributed by atoms with Crippen LogP contribution in [0.3, 0.4) is 0 Å². The first-order valence-electron chi connectivity index (χ1n) is 7.71. The zero-order valence-corrected chi connectivity index (χ0v) is 13.9. The van der Waals surface area contributed by atoms with Crippen LogP contribution in [0.2, 0.25) is 0 Å². The van der Waals surface area contributed by atoms with E-state index >= 15 is 0 Å². The number of rotatable bonds is 8. The lowest BCUT2D eigenvalue weighted by atomic mass is 10.2. The lowest BCUT2D eigenvalue weighted by Gasteiger charge is -2.12. The molecule has 0 spiro atoms. The van der Waals surface area contributed by atoms with Gasteiger partial charge in [0.05, 0.1) is 6.61 Å². The van der Waals surface area contributed by atoms with Gasteiger partial charge in [0.25, 0.3) is 5.56 Å². The van der Waals surface area contributed by atoms with Crippen molar-refractivity contribution in [2.75, 3.05) is 32.6 Å². The fraction of sp³-hybridized carbons (Fsp3) is 0.412. The Labute approximate surface area is 136 Å². The number of aryl methyl sites for hydroxylation is 1. The van der Waals surface area contributed by atoms with Crippen molar-refractivity contribution in [3.8, 4) is 5.75 Å². The summed E-state index contributed by atoms with van der Waals surface area (Å²) in [6.07, 6.45) is 0.815. The molecule has 0 radical (unpaired) electrons. The maximum Gasteiger partial charge on any atom is 0.252 e. The highest BCUT2D eigenvalue weighted by Crippen LogP contribution is 2.14. The second-order valence-electron chi connectivity index (χ2n) is 5.75. The number of nitrogens with one attached hydrogen (secondary N) is 2. The van der Waals surface area contributed by atoms with Gasteiger partial charge in [-0.3, -0.25) is 9.78 Å². The molecular weight excluding hydrogens is 292 g/mol. The molecule has 0 saturated heterocycles. The van der Waals surface area contributed by atoms with Crippen LogP contribution in [-0.2, 0) is 6.54 Å². The molecule has 0 aliphatic heterocycles. The van der Waals surface area contributed by atoms with Gasteiger partial charge in [-0.2, -0.15) is 0 Å². The van der Waals surface area contributed by atoms with Crippen LogP contribution in [0.15, 0.2) is 35.1 Å². The molecule has 2 N–H and O–H groups in total. The summed E-state index contributed by atoms with van der Waals surface area (Å²) in [4.78, 5) is 20.3. The number of benzene rings is 1. The first kappa shape index (κ1) is 17.0. The molecule has 1 aromatic carbocycles. The highest BCUT2D eigenvalue weighted by Gasteiger charge is 2.00. The van der Waals surface area contributed by atoms with Crippen LogP contribution in [0.25, 0.3) is 0 Å². The average molecular weight is 316 g/mol. The predicted octanol–water partition coefficient (Wildman–Crippen LogP) is 2.02. The first-order valence-corrected chi connectivity index (χ1v) is 7.71. The predicted molar refractivity (Wildman–Crippen MR) is 92.0 cm³/mol. The minimum absolute atomic E-state index is 0.144. The van der Waals surface area contributed by atoms with Gasteiger partial charge in [0.15, 0.2) is 0 Å². The Morgan fingerprint density at radius 3 is 2.87 bits per heavy atom. The molecule has 2 rings (SSSR count). The molecule has 0 aliphatic carbocycles. The Morgan fingerprint density at radius 2 is 2.13 bits per heavy atom. The Morgan fingerprint density at radius 1 is 1.30 bits per heavy atom. The van der Waals surface area contributed by atoms with E-state index in [-0.39, 0.29) is 5.56 Å². The summed E-state index contributed by atoms with van der Waals surface area (Å²) in [5, 5.41) is 3.10. The number of anilines is 1. The molecule has 0 atom stereocenters. The van der Waals surface area contributed by atoms with E-state index in [1.165, 1.54) is 11.6 Å². The largest absolute Gasteiger partial charge is 0.494 e. The lowest BCUT2D eigenvalue weighted by molar-refractivity contribution is 0.313. The van der Waals surface area contributed by atoms with Gasteiger partial charge in [-0.15, -0.1) is 0 Å². The molecule has 2 aromatic rings. The molecule has 124 valence electrons. The van der Waals surface area contributed by atoms with Gasteiger partial charge in [-0.1, -0.05) is 12.1 Å². The highest BCUT2D eigenvalue weighted by molar-refractivity contribution is 5.28. The van der Waals surface area contributed by atoms with Crippen molar-refractivity contribution in [2.45, 2.75) is 19.9 Å². The van der Waals surface area contributed by atoms with E-state index in [4.69, 9.17) is 4.74 Å². The van der Waals surface area contributed by atoms with Gasteiger partial charge >= 0.3 is 0 Å². The van der Waals surface area contributed by atoms with E-state index < -0.39 is 0 Å². The van der Waals surface area contributed by atoms with Crippen molar-refractivity contribution in [2.24, 2.45) is 0 Å². The van der Waals surface area contributed by atoms with Crippen molar-refractivity contribution in [1.82, 2.24) is 14.9 Å². The molecule has 0 fully saturated rings. The number of hydrogen-bond acceptors (Lipinski definition) is 5. The van der Waals surface area contributed by atoms with E-state index in [1.807, 2.05) is 26.2 Å². The summed E-state index contributed by atoms with van der Waals surface area (Å²) in [6, 6.07) is 9.59. The van der Waals surface area contributed by atoms with E-state index in [0.29, 0.717) is 24.8 Å². The van der Waals surface area contributed by atoms with Crippen LogP contribution in [0, 0.1) is 6.92 Å². The summed E-state index contributed by atoms with van der Waals surface area (Å²) in [5.41, 5.74) is 1.78.